The van der Waals surface area contributed by atoms with Gasteiger partial charge in [-0.25, -0.2) is 28.6 Å². The number of fused-ring (bicyclic) bond motifs is 1. The number of hydrogen-bond donors (Lipinski definition) is 10. The van der Waals surface area contributed by atoms with Crippen LogP contribution in [0.5, 0.6) is 11.5 Å². The van der Waals surface area contributed by atoms with Crippen LogP contribution in [-0.4, -0.2) is 135 Å². The lowest BCUT2D eigenvalue weighted by atomic mass is 9.87. The van der Waals surface area contributed by atoms with Gasteiger partial charge in [-0.1, -0.05) is 37.8 Å². The van der Waals surface area contributed by atoms with Crippen LogP contribution in [0.2, 0.25) is 0 Å². The molecule has 0 radical (unpaired) electrons. The van der Waals surface area contributed by atoms with Crippen molar-refractivity contribution in [1.82, 2.24) is 30.2 Å². The van der Waals surface area contributed by atoms with E-state index < -0.39 is 84.6 Å². The maximum atomic E-state index is 12.7. The fourth-order valence-electron chi connectivity index (χ4n) is 5.29. The van der Waals surface area contributed by atoms with Crippen LogP contribution >= 0.6 is 35.2 Å². The van der Waals surface area contributed by atoms with Crippen LogP contribution in [0.4, 0.5) is 5.82 Å². The van der Waals surface area contributed by atoms with E-state index in [-0.39, 0.29) is 58.9 Å². The summed E-state index contributed by atoms with van der Waals surface area (Å²) in [6, 6.07) is 4.56. The number of nitrogens with zero attached hydrogens (tertiary/aromatic N) is 4. The second-order valence-corrected chi connectivity index (χ2v) is 18.8. The number of aliphatic hydroxyl groups excluding tert-OH is 2. The van der Waals surface area contributed by atoms with E-state index in [0.29, 0.717) is 5.56 Å². The van der Waals surface area contributed by atoms with Gasteiger partial charge in [0.15, 0.2) is 29.2 Å². The third-order valence-corrected chi connectivity index (χ3v) is 12.3. The number of phenols is 1. The lowest BCUT2D eigenvalue weighted by Gasteiger charge is -2.30. The van der Waals surface area contributed by atoms with Gasteiger partial charge in [-0.2, -0.15) is 4.31 Å². The number of methoxy groups -OCH3 is 1. The fourth-order valence-corrected chi connectivity index (χ4v) is 8.69. The number of thioether (sulfide) groups is 1. The molecule has 2 aromatic heterocycles. The molecule has 4 rings (SSSR count). The Morgan fingerprint density at radius 3 is 2.46 bits per heavy atom. The van der Waals surface area contributed by atoms with Crippen molar-refractivity contribution >= 4 is 75.2 Å². The van der Waals surface area contributed by atoms with Gasteiger partial charge in [0, 0.05) is 30.7 Å². The summed E-state index contributed by atoms with van der Waals surface area (Å²) < 4.78 is 67.2. The number of benzene rings is 1. The minimum absolute atomic E-state index is 0.0223. The number of hydrogen-bond acceptors (Lipinski definition) is 20. The normalized spacial score (nSPS) is 20.9. The van der Waals surface area contributed by atoms with E-state index in [4.69, 9.17) is 24.3 Å². The zero-order chi connectivity index (χ0) is 45.3. The van der Waals surface area contributed by atoms with Crippen molar-refractivity contribution in [3.8, 4) is 11.5 Å². The molecule has 0 spiro atoms. The van der Waals surface area contributed by atoms with Crippen molar-refractivity contribution in [3.05, 3.63) is 42.5 Å². The first-order valence-corrected chi connectivity index (χ1v) is 23.0. The zero-order valence-corrected chi connectivity index (χ0v) is 35.8. The molecule has 2 unspecified atom stereocenters. The predicted octanol–water partition coefficient (Wildman–Crippen LogP) is 0.0923. The molecule has 1 fully saturated rings. The summed E-state index contributed by atoms with van der Waals surface area (Å²) in [6.45, 7) is 0.299. The topological polar surface area (TPSA) is 393 Å². The Morgan fingerprint density at radius 1 is 1.07 bits per heavy atom. The van der Waals surface area contributed by atoms with Crippen LogP contribution in [0.15, 0.2) is 36.9 Å². The third-order valence-electron chi connectivity index (χ3n) is 8.36. The van der Waals surface area contributed by atoms with E-state index in [0.717, 1.165) is 29.0 Å². The standard InChI is InChI=1S/C31H44N7O19P3S/c1-31(2,26(43)29(44)34-9-8-21(40)33-10-11-61-22(41)7-5-17-4-6-18(39)19(12-17)52-3)14-54-60(50,51)57-59(48,49)53-13-20-25(56-58(45,46)47)24(42)30(55-20)38-16-37-23-27(32)35-15-36-28(23)38/h4-7,12,15-16,20,24-26,30,39,42-43H,8-11,13-14H2,1-3H3,(H,33,40)(H,34,44)(H,48,49)(H,50,51)(H2,32,35,36)(H2,45,46,47)/b7-5+/t20-,24+,25+,26+,30+/m1/s1. The second kappa shape index (κ2) is 21.0. The number of ether oxygens (including phenoxy) is 2. The first-order chi connectivity index (χ1) is 28.4. The van der Waals surface area contributed by atoms with Gasteiger partial charge in [-0.15, -0.1) is 0 Å². The summed E-state index contributed by atoms with van der Waals surface area (Å²) in [5.41, 5.74) is 4.84. The molecule has 26 nitrogen and oxygen atoms in total. The number of aliphatic hydroxyl groups is 2. The highest BCUT2D eigenvalue weighted by Gasteiger charge is 2.50. The lowest BCUT2D eigenvalue weighted by Crippen LogP contribution is -2.46. The maximum Gasteiger partial charge on any atom is 0.481 e. The van der Waals surface area contributed by atoms with Crippen molar-refractivity contribution in [2.24, 2.45) is 5.41 Å². The summed E-state index contributed by atoms with van der Waals surface area (Å²) in [4.78, 5) is 88.0. The number of phosphoric acid groups is 3. The molecule has 7 atom stereocenters. The molecule has 3 heterocycles. The quantitative estimate of drug-likeness (QED) is 0.0362. The van der Waals surface area contributed by atoms with Gasteiger partial charge in [0.2, 0.25) is 16.9 Å². The molecule has 30 heteroatoms. The number of imidazole rings is 1. The number of aromatic nitrogens is 4. The summed E-state index contributed by atoms with van der Waals surface area (Å²) in [7, 11) is -15.1. The van der Waals surface area contributed by atoms with Gasteiger partial charge in [-0.3, -0.25) is 32.5 Å². The van der Waals surface area contributed by atoms with Gasteiger partial charge in [-0.05, 0) is 23.8 Å². The Balaban J connectivity index is 1.20. The summed E-state index contributed by atoms with van der Waals surface area (Å²) in [5, 5.41) is 35.7. The molecular weight excluding hydrogens is 899 g/mol. The molecular formula is C31H44N7O19P3S. The molecule has 338 valence electrons. The number of anilines is 1. The van der Waals surface area contributed by atoms with E-state index in [1.165, 1.54) is 39.2 Å². The highest BCUT2D eigenvalue weighted by Crippen LogP contribution is 2.61. The van der Waals surface area contributed by atoms with E-state index >= 15 is 0 Å². The van der Waals surface area contributed by atoms with Crippen molar-refractivity contribution in [2.75, 3.05) is 44.9 Å². The Bertz CT molecular complexity index is 2230. The number of aromatic hydroxyl groups is 1. The van der Waals surface area contributed by atoms with Crippen LogP contribution in [0.1, 0.15) is 32.1 Å². The number of nitrogens with one attached hydrogen (secondary N) is 2. The smallest absolute Gasteiger partial charge is 0.481 e. The Kier molecular flexibility index (Phi) is 17.1. The molecule has 1 aromatic carbocycles. The molecule has 11 N–H and O–H groups in total. The average Bonchev–Trinajstić information content (AvgIpc) is 3.74. The van der Waals surface area contributed by atoms with E-state index in [2.05, 4.69) is 34.4 Å². The average molecular weight is 944 g/mol. The van der Waals surface area contributed by atoms with Crippen molar-refractivity contribution in [1.29, 1.82) is 0 Å². The predicted molar refractivity (Wildman–Crippen MR) is 211 cm³/mol. The molecule has 1 saturated heterocycles. The molecule has 1 aliphatic heterocycles. The first-order valence-electron chi connectivity index (χ1n) is 17.5. The Morgan fingerprint density at radius 2 is 1.77 bits per heavy atom. The molecule has 0 saturated carbocycles. The number of nitrogens with two attached hydrogens (primary N) is 1. The fraction of sp³-hybridized carbons (Fsp3) is 0.484. The highest BCUT2D eigenvalue weighted by atomic mass is 32.2. The number of phosphoric ester groups is 3. The van der Waals surface area contributed by atoms with E-state index in [9.17, 15) is 63.0 Å². The van der Waals surface area contributed by atoms with E-state index in [1.807, 2.05) is 0 Å². The Hall–Kier alpha value is -3.88. The van der Waals surface area contributed by atoms with Gasteiger partial charge in [0.05, 0.1) is 26.7 Å². The number of amides is 2. The molecule has 61 heavy (non-hydrogen) atoms. The van der Waals surface area contributed by atoms with Gasteiger partial charge in [0.25, 0.3) is 0 Å². The van der Waals surface area contributed by atoms with Crippen LogP contribution in [0.3, 0.4) is 0 Å². The zero-order valence-electron chi connectivity index (χ0n) is 32.3. The number of carbonyl (C=O) groups is 3. The Labute approximate surface area is 350 Å². The maximum absolute atomic E-state index is 12.7. The van der Waals surface area contributed by atoms with Gasteiger partial charge in [0.1, 0.15) is 36.3 Å². The first kappa shape index (κ1) is 49.8. The number of rotatable bonds is 22. The molecule has 0 aliphatic carbocycles. The van der Waals surface area contributed by atoms with Gasteiger partial charge < -0.3 is 60.7 Å². The van der Waals surface area contributed by atoms with Crippen LogP contribution in [-0.2, 0) is 50.7 Å². The van der Waals surface area contributed by atoms with Crippen LogP contribution in [0, 0.1) is 5.41 Å². The van der Waals surface area contributed by atoms with Crippen molar-refractivity contribution in [2.45, 2.75) is 50.9 Å². The number of carbonyl (C=O) groups excluding carboxylic acids is 3. The minimum atomic E-state index is -5.59. The van der Waals surface area contributed by atoms with Crippen molar-refractivity contribution < 1.29 is 90.3 Å². The van der Waals surface area contributed by atoms with E-state index in [1.54, 1.807) is 12.1 Å². The largest absolute Gasteiger partial charge is 0.504 e. The monoisotopic (exact) mass is 943 g/mol. The summed E-state index contributed by atoms with van der Waals surface area (Å²) in [5.74, 6) is -1.12. The number of nitrogen functional groups attached to an aromatic ring is 1. The SMILES string of the molecule is COc1cc(/C=C/C(=O)SCCNC(=O)CCNC(=O)[C@H](O)C(C)(C)COP(=O)(O)OP(=O)(O)OC[C@H]2O[C@H](n3cnc4c(N)ncnc43)[C@@H](O)[C@H]2OP(=O)(O)O)ccc1O. The number of phenolic OH excluding ortho intramolecular Hbond substituents is 1. The minimum Gasteiger partial charge on any atom is -0.504 e. The van der Waals surface area contributed by atoms with Crippen LogP contribution in [0.25, 0.3) is 17.2 Å². The highest BCUT2D eigenvalue weighted by molar-refractivity contribution is 8.14. The third kappa shape index (κ3) is 14.6. The summed E-state index contributed by atoms with van der Waals surface area (Å²) >= 11 is 0.935. The molecule has 0 bridgehead atoms. The van der Waals surface area contributed by atoms with Crippen molar-refractivity contribution in [3.63, 3.8) is 0 Å². The molecule has 1 aliphatic rings. The molecule has 2 amide bonds. The second-order valence-electron chi connectivity index (χ2n) is 13.5. The van der Waals surface area contributed by atoms with Gasteiger partial charge >= 0.3 is 23.5 Å². The summed E-state index contributed by atoms with van der Waals surface area (Å²) in [6.07, 6.45) is -4.20. The molecule has 3 aromatic rings. The lowest BCUT2D eigenvalue weighted by molar-refractivity contribution is -0.137. The van der Waals surface area contributed by atoms with Crippen LogP contribution < -0.4 is 21.1 Å².